The van der Waals surface area contributed by atoms with E-state index in [0.717, 1.165) is 11.6 Å². The molecule has 0 fully saturated rings. The van der Waals surface area contributed by atoms with Crippen molar-refractivity contribution < 1.29 is 35.5 Å². The molecule has 1 aromatic carbocycles. The first-order chi connectivity index (χ1) is 11.2. The SMILES string of the molecule is CC(C)NC(Nc1ccc(F)cc1)=[NH+]C(C)C.O=S(=O)([O-])C(F)(F)F. The minimum atomic E-state index is -6.09. The third-order valence-corrected chi connectivity index (χ3v) is 2.83. The van der Waals surface area contributed by atoms with Crippen LogP contribution >= 0.6 is 0 Å². The fourth-order valence-corrected chi connectivity index (χ4v) is 1.37. The van der Waals surface area contributed by atoms with Crippen LogP contribution in [0.4, 0.5) is 23.2 Å². The maximum absolute atomic E-state index is 12.8. The zero-order chi connectivity index (χ0) is 19.8. The minimum absolute atomic E-state index is 0.231. The lowest BCUT2D eigenvalue weighted by Gasteiger charge is -2.09. The van der Waals surface area contributed by atoms with Crippen molar-refractivity contribution >= 4 is 21.8 Å². The molecule has 0 aromatic heterocycles. The third kappa shape index (κ3) is 10.6. The number of hydrogen-bond acceptors (Lipinski definition) is 3. The highest BCUT2D eigenvalue weighted by atomic mass is 32.2. The molecule has 0 radical (unpaired) electrons. The van der Waals surface area contributed by atoms with Gasteiger partial charge in [-0.25, -0.2) is 18.1 Å². The molecule has 3 N–H and O–H groups in total. The number of guanidine groups is 1. The summed E-state index contributed by atoms with van der Waals surface area (Å²) in [5, 5.41) is 6.47. The molecule has 0 atom stereocenters. The molecule has 0 amide bonds. The standard InChI is InChI=1S/C13H20FN3.CHF3O3S/c1-9(2)15-13(16-10(3)4)17-12-7-5-11(14)6-8-12;2-1(3,4)8(5,6)7/h5-10H,1-4H3,(H2,15,16,17);(H,5,6,7). The number of halogens is 4. The quantitative estimate of drug-likeness (QED) is 0.238. The molecule has 0 bridgehead atoms. The van der Waals surface area contributed by atoms with Gasteiger partial charge in [0.2, 0.25) is 0 Å². The Kier molecular flexibility index (Phi) is 8.84. The van der Waals surface area contributed by atoms with E-state index < -0.39 is 15.6 Å². The number of anilines is 1. The Morgan fingerprint density at radius 2 is 1.56 bits per heavy atom. The van der Waals surface area contributed by atoms with Crippen molar-refractivity contribution in [3.05, 3.63) is 30.1 Å². The van der Waals surface area contributed by atoms with Crippen molar-refractivity contribution in [1.29, 1.82) is 0 Å². The van der Waals surface area contributed by atoms with Gasteiger partial charge in [0, 0.05) is 0 Å². The van der Waals surface area contributed by atoms with Gasteiger partial charge in [0.1, 0.15) is 5.82 Å². The van der Waals surface area contributed by atoms with E-state index in [-0.39, 0.29) is 5.82 Å². The van der Waals surface area contributed by atoms with Crippen LogP contribution < -0.4 is 15.6 Å². The highest BCUT2D eigenvalue weighted by molar-refractivity contribution is 7.86. The molecule has 0 unspecified atom stereocenters. The topological polar surface area (TPSA) is 95.2 Å². The molecule has 0 spiro atoms. The average Bonchev–Trinajstić information content (AvgIpc) is 2.38. The van der Waals surface area contributed by atoms with Crippen molar-refractivity contribution in [2.75, 3.05) is 5.32 Å². The number of rotatable bonds is 3. The second kappa shape index (κ2) is 9.56. The smallest absolute Gasteiger partial charge is 0.485 e. The predicted molar refractivity (Wildman–Crippen MR) is 85.2 cm³/mol. The van der Waals surface area contributed by atoms with Gasteiger partial charge in [-0.05, 0) is 52.0 Å². The number of nitrogens with one attached hydrogen (secondary N) is 3. The van der Waals surface area contributed by atoms with Gasteiger partial charge in [-0.2, -0.15) is 13.2 Å². The van der Waals surface area contributed by atoms with Crippen LogP contribution in [-0.4, -0.2) is 36.5 Å². The van der Waals surface area contributed by atoms with Gasteiger partial charge in [-0.3, -0.25) is 10.3 Å². The van der Waals surface area contributed by atoms with Gasteiger partial charge in [-0.1, -0.05) is 0 Å². The molecule has 144 valence electrons. The fourth-order valence-electron chi connectivity index (χ4n) is 1.37. The van der Waals surface area contributed by atoms with Crippen LogP contribution in [0.3, 0.4) is 0 Å². The summed E-state index contributed by atoms with van der Waals surface area (Å²) < 4.78 is 71.7. The van der Waals surface area contributed by atoms with Crippen molar-refractivity contribution in [2.24, 2.45) is 0 Å². The van der Waals surface area contributed by atoms with E-state index in [4.69, 9.17) is 13.0 Å². The maximum Gasteiger partial charge on any atom is 0.485 e. The van der Waals surface area contributed by atoms with Crippen molar-refractivity contribution in [3.8, 4) is 0 Å². The van der Waals surface area contributed by atoms with Crippen LogP contribution in [0.15, 0.2) is 24.3 Å². The number of benzene rings is 1. The molecule has 0 aliphatic rings. The molecule has 25 heavy (non-hydrogen) atoms. The molecule has 0 aliphatic carbocycles. The minimum Gasteiger partial charge on any atom is -0.741 e. The van der Waals surface area contributed by atoms with E-state index in [9.17, 15) is 17.6 Å². The summed E-state index contributed by atoms with van der Waals surface area (Å²) >= 11 is 0. The lowest BCUT2D eigenvalue weighted by Crippen LogP contribution is -2.82. The monoisotopic (exact) mass is 387 g/mol. The van der Waals surface area contributed by atoms with Gasteiger partial charge >= 0.3 is 11.5 Å². The fraction of sp³-hybridized carbons (Fsp3) is 0.500. The van der Waals surface area contributed by atoms with Crippen molar-refractivity contribution in [2.45, 2.75) is 45.3 Å². The second-order valence-electron chi connectivity index (χ2n) is 5.50. The maximum atomic E-state index is 12.8. The summed E-state index contributed by atoms with van der Waals surface area (Å²) in [5.74, 6) is 0.604. The van der Waals surface area contributed by atoms with Gasteiger partial charge in [0.25, 0.3) is 0 Å². The molecule has 0 saturated carbocycles. The summed E-state index contributed by atoms with van der Waals surface area (Å²) in [7, 11) is -6.09. The highest BCUT2D eigenvalue weighted by Gasteiger charge is 2.36. The van der Waals surface area contributed by atoms with Crippen molar-refractivity contribution in [3.63, 3.8) is 0 Å². The third-order valence-electron chi connectivity index (χ3n) is 2.26. The molecule has 0 heterocycles. The summed E-state index contributed by atoms with van der Waals surface area (Å²) in [6, 6.07) is 6.93. The zero-order valence-corrected chi connectivity index (χ0v) is 14.9. The second-order valence-corrected chi connectivity index (χ2v) is 6.88. The van der Waals surface area contributed by atoms with Crippen LogP contribution in [0, 0.1) is 5.82 Å². The van der Waals surface area contributed by atoms with Gasteiger partial charge in [0.15, 0.2) is 10.1 Å². The summed E-state index contributed by atoms with van der Waals surface area (Å²) in [4.78, 5) is 3.27. The van der Waals surface area contributed by atoms with Crippen LogP contribution in [0.1, 0.15) is 27.7 Å². The lowest BCUT2D eigenvalue weighted by molar-refractivity contribution is -0.495. The highest BCUT2D eigenvalue weighted by Crippen LogP contribution is 2.20. The molecule has 1 rings (SSSR count). The van der Waals surface area contributed by atoms with Crippen LogP contribution in [0.25, 0.3) is 0 Å². The van der Waals surface area contributed by atoms with Gasteiger partial charge < -0.3 is 4.55 Å². The first-order valence-electron chi connectivity index (χ1n) is 7.17. The lowest BCUT2D eigenvalue weighted by atomic mass is 10.3. The van der Waals surface area contributed by atoms with E-state index in [1.807, 2.05) is 0 Å². The summed E-state index contributed by atoms with van der Waals surface area (Å²) in [5.41, 5.74) is -4.80. The molecule has 6 nitrogen and oxygen atoms in total. The first-order valence-corrected chi connectivity index (χ1v) is 8.58. The molecule has 0 saturated heterocycles. The summed E-state index contributed by atoms with van der Waals surface area (Å²) in [6.07, 6.45) is 0. The van der Waals surface area contributed by atoms with Crippen LogP contribution in [0.5, 0.6) is 0 Å². The van der Waals surface area contributed by atoms with Crippen LogP contribution in [0.2, 0.25) is 0 Å². The Morgan fingerprint density at radius 3 is 1.88 bits per heavy atom. The summed E-state index contributed by atoms with van der Waals surface area (Å²) in [6.45, 7) is 8.26. The van der Waals surface area contributed by atoms with Gasteiger partial charge in [0.05, 0.1) is 17.8 Å². The Balaban J connectivity index is 0.000000609. The molecular weight excluding hydrogens is 366 g/mol. The number of hydrogen-bond donors (Lipinski definition) is 3. The predicted octanol–water partition coefficient (Wildman–Crippen LogP) is 1.13. The normalized spacial score (nSPS) is 12.7. The van der Waals surface area contributed by atoms with E-state index in [2.05, 4.69) is 43.3 Å². The van der Waals surface area contributed by atoms with Crippen molar-refractivity contribution in [1.82, 2.24) is 5.32 Å². The van der Waals surface area contributed by atoms with E-state index >= 15 is 0 Å². The molecule has 1 aromatic rings. The zero-order valence-electron chi connectivity index (χ0n) is 14.1. The van der Waals surface area contributed by atoms with Gasteiger partial charge in [-0.15, -0.1) is 0 Å². The Bertz CT molecular complexity index is 657. The van der Waals surface area contributed by atoms with Crippen LogP contribution in [-0.2, 0) is 10.1 Å². The Hall–Kier alpha value is -1.88. The van der Waals surface area contributed by atoms with E-state index in [1.54, 1.807) is 12.1 Å². The Morgan fingerprint density at radius 1 is 1.12 bits per heavy atom. The first kappa shape index (κ1) is 23.1. The molecule has 11 heteroatoms. The molecular formula is C14H21F4N3O3S. The van der Waals surface area contributed by atoms with E-state index in [1.165, 1.54) is 12.1 Å². The molecule has 0 aliphatic heterocycles. The van der Waals surface area contributed by atoms with E-state index in [0.29, 0.717) is 12.1 Å². The average molecular weight is 387 g/mol. The Labute approximate surface area is 144 Å². The number of alkyl halides is 3. The largest absolute Gasteiger partial charge is 0.741 e.